The van der Waals surface area contributed by atoms with Crippen molar-refractivity contribution in [1.82, 2.24) is 4.98 Å². The number of rotatable bonds is 2. The van der Waals surface area contributed by atoms with Gasteiger partial charge in [0.1, 0.15) is 0 Å². The van der Waals surface area contributed by atoms with Crippen LogP contribution in [0.3, 0.4) is 0 Å². The van der Waals surface area contributed by atoms with Gasteiger partial charge in [-0.05, 0) is 36.1 Å². The second kappa shape index (κ2) is 3.25. The Balaban J connectivity index is 2.70. The first-order valence-electron chi connectivity index (χ1n) is 4.94. The number of hydrogen-bond acceptors (Lipinski definition) is 0. The smallest absolute Gasteiger partial charge is 0.0459 e. The molecule has 0 saturated carbocycles. The summed E-state index contributed by atoms with van der Waals surface area (Å²) in [7, 11) is 0. The number of hydrogen-bond donors (Lipinski definition) is 1. The largest absolute Gasteiger partial charge is 0.361 e. The van der Waals surface area contributed by atoms with Gasteiger partial charge in [-0.3, -0.25) is 0 Å². The minimum atomic E-state index is 1.11. The van der Waals surface area contributed by atoms with Gasteiger partial charge in [0.25, 0.3) is 0 Å². The van der Waals surface area contributed by atoms with Gasteiger partial charge in [-0.1, -0.05) is 19.9 Å². The molecule has 0 amide bonds. The van der Waals surface area contributed by atoms with E-state index in [1.165, 1.54) is 22.0 Å². The van der Waals surface area contributed by atoms with Crippen LogP contribution in [0.2, 0.25) is 0 Å². The van der Waals surface area contributed by atoms with E-state index in [0.29, 0.717) is 0 Å². The van der Waals surface area contributed by atoms with Crippen LogP contribution in [0.4, 0.5) is 0 Å². The van der Waals surface area contributed by atoms with E-state index in [1.54, 1.807) is 0 Å². The predicted octanol–water partition coefficient (Wildman–Crippen LogP) is 3.29. The Labute approximate surface area is 78.8 Å². The summed E-state index contributed by atoms with van der Waals surface area (Å²) in [6.07, 6.45) is 4.24. The van der Waals surface area contributed by atoms with Crippen molar-refractivity contribution in [3.63, 3.8) is 0 Å². The van der Waals surface area contributed by atoms with Crippen LogP contribution >= 0.6 is 0 Å². The molecule has 1 heteroatoms. The standard InChI is InChI=1S/C12H15N/c1-3-9-7-10(4-2)11-5-6-13-12(11)8-9/h5-8,13H,3-4H2,1-2H3. The third kappa shape index (κ3) is 1.35. The summed E-state index contributed by atoms with van der Waals surface area (Å²) in [5, 5.41) is 1.37. The van der Waals surface area contributed by atoms with Crippen LogP contribution < -0.4 is 0 Å². The van der Waals surface area contributed by atoms with Gasteiger partial charge in [0, 0.05) is 17.1 Å². The average Bonchev–Trinajstić information content (AvgIpc) is 2.63. The molecule has 0 atom stereocenters. The molecule has 0 aliphatic carbocycles. The Hall–Kier alpha value is -1.24. The molecule has 0 aliphatic heterocycles. The van der Waals surface area contributed by atoms with E-state index in [1.807, 2.05) is 6.20 Å². The van der Waals surface area contributed by atoms with Gasteiger partial charge >= 0.3 is 0 Å². The summed E-state index contributed by atoms with van der Waals surface area (Å²) >= 11 is 0. The number of nitrogens with one attached hydrogen (secondary N) is 1. The zero-order valence-corrected chi connectivity index (χ0v) is 8.22. The second-order valence-electron chi connectivity index (χ2n) is 3.40. The SMILES string of the molecule is CCc1cc(CC)c2cc[nH]c2c1. The van der Waals surface area contributed by atoms with Crippen LogP contribution in [0, 0.1) is 0 Å². The highest BCUT2D eigenvalue weighted by molar-refractivity contribution is 5.83. The van der Waals surface area contributed by atoms with Crippen molar-refractivity contribution in [2.24, 2.45) is 0 Å². The van der Waals surface area contributed by atoms with Crippen molar-refractivity contribution in [2.45, 2.75) is 26.7 Å². The van der Waals surface area contributed by atoms with Gasteiger partial charge in [0.15, 0.2) is 0 Å². The van der Waals surface area contributed by atoms with E-state index in [9.17, 15) is 0 Å². The van der Waals surface area contributed by atoms with Crippen molar-refractivity contribution in [1.29, 1.82) is 0 Å². The highest BCUT2D eigenvalue weighted by Crippen LogP contribution is 2.20. The molecule has 0 radical (unpaired) electrons. The minimum Gasteiger partial charge on any atom is -0.361 e. The van der Waals surface area contributed by atoms with E-state index in [2.05, 4.69) is 37.0 Å². The molecule has 0 fully saturated rings. The molecular weight excluding hydrogens is 158 g/mol. The van der Waals surface area contributed by atoms with Crippen molar-refractivity contribution in [3.05, 3.63) is 35.5 Å². The molecule has 0 bridgehead atoms. The van der Waals surface area contributed by atoms with E-state index in [-0.39, 0.29) is 0 Å². The maximum Gasteiger partial charge on any atom is 0.0459 e. The summed E-state index contributed by atoms with van der Waals surface area (Å²) in [6.45, 7) is 4.41. The molecule has 2 aromatic rings. The molecule has 13 heavy (non-hydrogen) atoms. The van der Waals surface area contributed by atoms with Crippen LogP contribution in [0.5, 0.6) is 0 Å². The molecule has 0 saturated heterocycles. The highest BCUT2D eigenvalue weighted by Gasteiger charge is 2.01. The number of H-pyrrole nitrogens is 1. The molecular formula is C12H15N. The lowest BCUT2D eigenvalue weighted by molar-refractivity contribution is 1.10. The molecule has 1 aromatic heterocycles. The Bertz CT molecular complexity index is 412. The quantitative estimate of drug-likeness (QED) is 0.717. The Morgan fingerprint density at radius 2 is 2.00 bits per heavy atom. The third-order valence-corrected chi connectivity index (χ3v) is 2.60. The van der Waals surface area contributed by atoms with Gasteiger partial charge in [0.2, 0.25) is 0 Å². The number of fused-ring (bicyclic) bond motifs is 1. The molecule has 1 heterocycles. The summed E-state index contributed by atoms with van der Waals surface area (Å²) in [6, 6.07) is 6.72. The van der Waals surface area contributed by atoms with Gasteiger partial charge < -0.3 is 4.98 Å². The average molecular weight is 173 g/mol. The molecule has 68 valence electrons. The molecule has 0 aliphatic rings. The monoisotopic (exact) mass is 173 g/mol. The lowest BCUT2D eigenvalue weighted by Gasteiger charge is -2.03. The van der Waals surface area contributed by atoms with Crippen LogP contribution in [0.1, 0.15) is 25.0 Å². The zero-order chi connectivity index (χ0) is 9.26. The van der Waals surface area contributed by atoms with Gasteiger partial charge in [-0.15, -0.1) is 0 Å². The first kappa shape index (κ1) is 8.36. The van der Waals surface area contributed by atoms with Crippen molar-refractivity contribution in [3.8, 4) is 0 Å². The maximum absolute atomic E-state index is 3.27. The van der Waals surface area contributed by atoms with Crippen molar-refractivity contribution >= 4 is 10.9 Å². The topological polar surface area (TPSA) is 15.8 Å². The van der Waals surface area contributed by atoms with E-state index in [4.69, 9.17) is 0 Å². The Morgan fingerprint density at radius 3 is 2.69 bits per heavy atom. The van der Waals surface area contributed by atoms with Crippen LogP contribution in [-0.4, -0.2) is 4.98 Å². The van der Waals surface area contributed by atoms with E-state index >= 15 is 0 Å². The van der Waals surface area contributed by atoms with E-state index < -0.39 is 0 Å². The van der Waals surface area contributed by atoms with Gasteiger partial charge in [-0.25, -0.2) is 0 Å². The van der Waals surface area contributed by atoms with E-state index in [0.717, 1.165) is 12.8 Å². The van der Waals surface area contributed by atoms with Crippen LogP contribution in [0.15, 0.2) is 24.4 Å². The van der Waals surface area contributed by atoms with Gasteiger partial charge in [-0.2, -0.15) is 0 Å². The van der Waals surface area contributed by atoms with Crippen LogP contribution in [-0.2, 0) is 12.8 Å². The zero-order valence-electron chi connectivity index (χ0n) is 8.22. The Morgan fingerprint density at radius 1 is 1.15 bits per heavy atom. The highest BCUT2D eigenvalue weighted by atomic mass is 14.7. The number of benzene rings is 1. The third-order valence-electron chi connectivity index (χ3n) is 2.60. The lowest BCUT2D eigenvalue weighted by Crippen LogP contribution is -1.86. The molecule has 1 nitrogen and oxygen atoms in total. The minimum absolute atomic E-state index is 1.11. The fourth-order valence-corrected chi connectivity index (χ4v) is 1.81. The summed E-state index contributed by atoms with van der Waals surface area (Å²) in [5.41, 5.74) is 4.15. The van der Waals surface area contributed by atoms with Crippen LogP contribution in [0.25, 0.3) is 10.9 Å². The first-order chi connectivity index (χ1) is 6.35. The summed E-state index contributed by atoms with van der Waals surface area (Å²) in [5.74, 6) is 0. The number of aromatic amines is 1. The van der Waals surface area contributed by atoms with Crippen molar-refractivity contribution < 1.29 is 0 Å². The lowest BCUT2D eigenvalue weighted by atomic mass is 10.0. The maximum atomic E-state index is 3.27. The summed E-state index contributed by atoms with van der Waals surface area (Å²) in [4.78, 5) is 3.27. The summed E-state index contributed by atoms with van der Waals surface area (Å²) < 4.78 is 0. The second-order valence-corrected chi connectivity index (χ2v) is 3.40. The fraction of sp³-hybridized carbons (Fsp3) is 0.333. The van der Waals surface area contributed by atoms with Gasteiger partial charge in [0.05, 0.1) is 0 Å². The number of aromatic nitrogens is 1. The predicted molar refractivity (Wildman–Crippen MR) is 57.1 cm³/mol. The van der Waals surface area contributed by atoms with Crippen molar-refractivity contribution in [2.75, 3.05) is 0 Å². The molecule has 1 N–H and O–H groups in total. The number of aryl methyl sites for hydroxylation is 2. The first-order valence-corrected chi connectivity index (χ1v) is 4.94. The fourth-order valence-electron chi connectivity index (χ4n) is 1.81. The molecule has 0 spiro atoms. The Kier molecular flexibility index (Phi) is 2.09. The molecule has 1 aromatic carbocycles. The molecule has 0 unspecified atom stereocenters. The molecule has 2 rings (SSSR count). The normalized spacial score (nSPS) is 10.9.